The van der Waals surface area contributed by atoms with Crippen LogP contribution in [0.15, 0.2) is 0 Å². The Labute approximate surface area is 104 Å². The van der Waals surface area contributed by atoms with Gasteiger partial charge in [0.15, 0.2) is 0 Å². The van der Waals surface area contributed by atoms with E-state index in [2.05, 4.69) is 17.1 Å². The van der Waals surface area contributed by atoms with E-state index in [0.29, 0.717) is 6.61 Å². The summed E-state index contributed by atoms with van der Waals surface area (Å²) in [4.78, 5) is 2.40. The molecule has 1 rings (SSSR count). The molecule has 0 radical (unpaired) electrons. The third-order valence-electron chi connectivity index (χ3n) is 3.15. The van der Waals surface area contributed by atoms with E-state index in [9.17, 15) is 0 Å². The summed E-state index contributed by atoms with van der Waals surface area (Å²) in [6.07, 6.45) is 0.972. The van der Waals surface area contributed by atoms with Gasteiger partial charge < -0.3 is 19.9 Å². The number of rotatable bonds is 8. The number of morpholine rings is 1. The normalized spacial score (nSPS) is 23.8. The van der Waals surface area contributed by atoms with Crippen molar-refractivity contribution in [2.45, 2.75) is 25.5 Å². The molecule has 0 aromatic heterocycles. The fourth-order valence-electron chi connectivity index (χ4n) is 2.09. The molecule has 1 aliphatic rings. The summed E-state index contributed by atoms with van der Waals surface area (Å²) in [6.45, 7) is 7.73. The topological polar surface area (TPSA) is 54.0 Å². The zero-order valence-electron chi connectivity index (χ0n) is 11.0. The molecular weight excluding hydrogens is 220 g/mol. The Balaban J connectivity index is 2.22. The van der Waals surface area contributed by atoms with E-state index >= 15 is 0 Å². The van der Waals surface area contributed by atoms with Gasteiger partial charge in [0.1, 0.15) is 0 Å². The smallest absolute Gasteiger partial charge is 0.0826 e. The van der Waals surface area contributed by atoms with Gasteiger partial charge in [0.05, 0.1) is 19.3 Å². The van der Waals surface area contributed by atoms with Crippen LogP contribution < -0.4 is 5.32 Å². The van der Waals surface area contributed by atoms with Crippen LogP contribution in [-0.4, -0.2) is 75.3 Å². The minimum absolute atomic E-state index is 0.188. The Kier molecular flexibility index (Phi) is 7.72. The molecule has 0 bridgehead atoms. The Morgan fingerprint density at radius 3 is 3.06 bits per heavy atom. The standard InChI is InChI=1S/C12H26N2O3/c1-3-14-5-7-17-12(9-14)8-13-11(4-6-15)10-16-2/h11-13,15H,3-10H2,1-2H3. The Hall–Kier alpha value is -0.200. The van der Waals surface area contributed by atoms with Gasteiger partial charge in [0.2, 0.25) is 0 Å². The first kappa shape index (κ1) is 14.9. The molecule has 5 nitrogen and oxygen atoms in total. The summed E-state index contributed by atoms with van der Waals surface area (Å²) in [6, 6.07) is 0.214. The van der Waals surface area contributed by atoms with E-state index in [1.807, 2.05) is 0 Å². The third-order valence-corrected chi connectivity index (χ3v) is 3.15. The number of hydrogen-bond donors (Lipinski definition) is 2. The molecule has 2 unspecified atom stereocenters. The second-order valence-corrected chi connectivity index (χ2v) is 4.46. The van der Waals surface area contributed by atoms with Crippen LogP contribution in [0.1, 0.15) is 13.3 Å². The molecule has 5 heteroatoms. The van der Waals surface area contributed by atoms with Crippen LogP contribution in [0.4, 0.5) is 0 Å². The van der Waals surface area contributed by atoms with Crippen molar-refractivity contribution in [3.63, 3.8) is 0 Å². The van der Waals surface area contributed by atoms with Gasteiger partial charge in [-0.3, -0.25) is 4.90 Å². The molecule has 0 saturated carbocycles. The number of ether oxygens (including phenoxy) is 2. The van der Waals surface area contributed by atoms with Gasteiger partial charge in [-0.15, -0.1) is 0 Å². The molecular formula is C12H26N2O3. The predicted molar refractivity (Wildman–Crippen MR) is 67.2 cm³/mol. The first-order valence-corrected chi connectivity index (χ1v) is 6.47. The van der Waals surface area contributed by atoms with Crippen molar-refractivity contribution >= 4 is 0 Å². The first-order valence-electron chi connectivity index (χ1n) is 6.47. The van der Waals surface area contributed by atoms with Crippen LogP contribution in [-0.2, 0) is 9.47 Å². The number of hydrogen-bond acceptors (Lipinski definition) is 5. The Morgan fingerprint density at radius 2 is 2.41 bits per heavy atom. The lowest BCUT2D eigenvalue weighted by Gasteiger charge is -2.33. The van der Waals surface area contributed by atoms with Crippen LogP contribution in [0, 0.1) is 0 Å². The van der Waals surface area contributed by atoms with E-state index in [4.69, 9.17) is 14.6 Å². The molecule has 102 valence electrons. The molecule has 1 aliphatic heterocycles. The maximum Gasteiger partial charge on any atom is 0.0826 e. The van der Waals surface area contributed by atoms with Crippen molar-refractivity contribution in [3.05, 3.63) is 0 Å². The van der Waals surface area contributed by atoms with Gasteiger partial charge in [-0.05, 0) is 13.0 Å². The van der Waals surface area contributed by atoms with Crippen molar-refractivity contribution in [1.82, 2.24) is 10.2 Å². The first-order chi connectivity index (χ1) is 8.30. The van der Waals surface area contributed by atoms with Crippen LogP contribution in [0.25, 0.3) is 0 Å². The molecule has 0 amide bonds. The quantitative estimate of drug-likeness (QED) is 0.615. The number of likely N-dealkylation sites (N-methyl/N-ethyl adjacent to an activating group) is 1. The summed E-state index contributed by atoms with van der Waals surface area (Å²) in [5, 5.41) is 12.3. The molecule has 1 fully saturated rings. The monoisotopic (exact) mass is 246 g/mol. The van der Waals surface area contributed by atoms with E-state index in [1.54, 1.807) is 7.11 Å². The summed E-state index contributed by atoms with van der Waals surface area (Å²) in [5.74, 6) is 0. The van der Waals surface area contributed by atoms with Crippen molar-refractivity contribution in [3.8, 4) is 0 Å². The molecule has 1 saturated heterocycles. The summed E-state index contributed by atoms with van der Waals surface area (Å²) in [7, 11) is 1.68. The number of aliphatic hydroxyl groups excluding tert-OH is 1. The lowest BCUT2D eigenvalue weighted by Crippen LogP contribution is -2.48. The maximum atomic E-state index is 8.95. The Bertz CT molecular complexity index is 187. The molecule has 1 heterocycles. The van der Waals surface area contributed by atoms with E-state index < -0.39 is 0 Å². The van der Waals surface area contributed by atoms with Crippen LogP contribution in [0.2, 0.25) is 0 Å². The largest absolute Gasteiger partial charge is 0.396 e. The highest BCUT2D eigenvalue weighted by Gasteiger charge is 2.20. The molecule has 0 aromatic rings. The van der Waals surface area contributed by atoms with Crippen LogP contribution in [0.3, 0.4) is 0 Å². The zero-order chi connectivity index (χ0) is 12.5. The van der Waals surface area contributed by atoms with Gasteiger partial charge in [-0.1, -0.05) is 6.92 Å². The lowest BCUT2D eigenvalue weighted by atomic mass is 10.2. The highest BCUT2D eigenvalue weighted by atomic mass is 16.5. The molecule has 2 atom stereocenters. The van der Waals surface area contributed by atoms with Crippen LogP contribution in [0.5, 0.6) is 0 Å². The third kappa shape index (κ3) is 5.79. The second-order valence-electron chi connectivity index (χ2n) is 4.46. The highest BCUT2D eigenvalue weighted by Crippen LogP contribution is 2.04. The van der Waals surface area contributed by atoms with Gasteiger partial charge >= 0.3 is 0 Å². The second kappa shape index (κ2) is 8.83. The average Bonchev–Trinajstić information content (AvgIpc) is 2.37. The van der Waals surface area contributed by atoms with E-state index in [1.165, 1.54) is 0 Å². The number of methoxy groups -OCH3 is 1. The fraction of sp³-hybridized carbons (Fsp3) is 1.00. The lowest BCUT2D eigenvalue weighted by molar-refractivity contribution is -0.0277. The average molecular weight is 246 g/mol. The van der Waals surface area contributed by atoms with Crippen molar-refractivity contribution in [2.24, 2.45) is 0 Å². The summed E-state index contributed by atoms with van der Waals surface area (Å²) in [5.41, 5.74) is 0. The zero-order valence-corrected chi connectivity index (χ0v) is 11.0. The number of nitrogens with one attached hydrogen (secondary N) is 1. The maximum absolute atomic E-state index is 8.95. The molecule has 0 aliphatic carbocycles. The van der Waals surface area contributed by atoms with E-state index in [-0.39, 0.29) is 18.8 Å². The molecule has 0 aromatic carbocycles. The van der Waals surface area contributed by atoms with Crippen LogP contribution >= 0.6 is 0 Å². The van der Waals surface area contributed by atoms with Gasteiger partial charge in [-0.25, -0.2) is 0 Å². The van der Waals surface area contributed by atoms with Crippen molar-refractivity contribution in [1.29, 1.82) is 0 Å². The van der Waals surface area contributed by atoms with Crippen molar-refractivity contribution < 1.29 is 14.6 Å². The summed E-state index contributed by atoms with van der Waals surface area (Å²) >= 11 is 0. The van der Waals surface area contributed by atoms with E-state index in [0.717, 1.165) is 39.2 Å². The van der Waals surface area contributed by atoms with Gasteiger partial charge in [-0.2, -0.15) is 0 Å². The Morgan fingerprint density at radius 1 is 1.59 bits per heavy atom. The molecule has 2 N–H and O–H groups in total. The minimum atomic E-state index is 0.188. The summed E-state index contributed by atoms with van der Waals surface area (Å²) < 4.78 is 10.8. The fourth-order valence-corrected chi connectivity index (χ4v) is 2.09. The highest BCUT2D eigenvalue weighted by molar-refractivity contribution is 4.75. The minimum Gasteiger partial charge on any atom is -0.396 e. The predicted octanol–water partition coefficient (Wildman–Crippen LogP) is -0.306. The van der Waals surface area contributed by atoms with Crippen molar-refractivity contribution in [2.75, 3.05) is 53.1 Å². The van der Waals surface area contributed by atoms with Gasteiger partial charge in [0, 0.05) is 39.4 Å². The SMILES string of the molecule is CCN1CCOC(CNC(CCO)COC)C1. The molecule has 0 spiro atoms. The molecule has 17 heavy (non-hydrogen) atoms. The number of nitrogens with zero attached hydrogens (tertiary/aromatic N) is 1. The number of aliphatic hydroxyl groups is 1. The van der Waals surface area contributed by atoms with Gasteiger partial charge in [0.25, 0.3) is 0 Å².